The Kier molecular flexibility index (Phi) is 7.35. The fraction of sp³-hybridized carbons (Fsp3) is 0.318. The summed E-state index contributed by atoms with van der Waals surface area (Å²) in [5, 5.41) is 9.00. The largest absolute Gasteiger partial charge is 0.497 e. The molecule has 0 spiro atoms. The number of carbonyl (C=O) groups is 1. The van der Waals surface area contributed by atoms with E-state index < -0.39 is 0 Å². The van der Waals surface area contributed by atoms with Gasteiger partial charge in [0.2, 0.25) is 5.91 Å². The van der Waals surface area contributed by atoms with Crippen LogP contribution in [0.5, 0.6) is 17.2 Å². The van der Waals surface area contributed by atoms with Gasteiger partial charge in [0.15, 0.2) is 16.7 Å². The highest BCUT2D eigenvalue weighted by molar-refractivity contribution is 8.15. The number of amidine groups is 1. The lowest BCUT2D eigenvalue weighted by molar-refractivity contribution is -0.126. The summed E-state index contributed by atoms with van der Waals surface area (Å²) in [7, 11) is 4.80. The number of carbonyl (C=O) groups excluding carboxylic acids is 1. The van der Waals surface area contributed by atoms with Gasteiger partial charge in [-0.25, -0.2) is 0 Å². The van der Waals surface area contributed by atoms with E-state index in [1.54, 1.807) is 32.4 Å². The van der Waals surface area contributed by atoms with Crippen LogP contribution in [0, 0.1) is 0 Å². The first kappa shape index (κ1) is 21.7. The maximum absolute atomic E-state index is 12.8. The molecule has 0 radical (unpaired) electrons. The van der Waals surface area contributed by atoms with Gasteiger partial charge in [-0.3, -0.25) is 9.69 Å². The summed E-state index contributed by atoms with van der Waals surface area (Å²) in [6, 6.07) is 13.1. The Morgan fingerprint density at radius 3 is 2.40 bits per heavy atom. The van der Waals surface area contributed by atoms with Crippen LogP contribution in [0.15, 0.2) is 52.7 Å². The topological polar surface area (TPSA) is 72.7 Å². The van der Waals surface area contributed by atoms with Crippen molar-refractivity contribution in [3.63, 3.8) is 0 Å². The fourth-order valence-electron chi connectivity index (χ4n) is 2.98. The van der Waals surface area contributed by atoms with Gasteiger partial charge in [0, 0.05) is 0 Å². The van der Waals surface area contributed by atoms with Crippen LogP contribution < -0.4 is 14.2 Å². The highest BCUT2D eigenvalue weighted by atomic mass is 32.2. The summed E-state index contributed by atoms with van der Waals surface area (Å²) in [5.41, 5.74) is 1.82. The van der Waals surface area contributed by atoms with Crippen LogP contribution in [0.4, 0.5) is 0 Å². The second-order valence-electron chi connectivity index (χ2n) is 6.53. The Bertz CT molecular complexity index is 944. The molecule has 1 amide bonds. The summed E-state index contributed by atoms with van der Waals surface area (Å²) in [6.45, 7) is 2.44. The molecule has 1 aliphatic rings. The van der Waals surface area contributed by atoms with Crippen molar-refractivity contribution in [1.29, 1.82) is 0 Å². The molecule has 3 rings (SSSR count). The van der Waals surface area contributed by atoms with Gasteiger partial charge in [0.1, 0.15) is 5.75 Å². The van der Waals surface area contributed by atoms with E-state index in [2.05, 4.69) is 10.2 Å². The van der Waals surface area contributed by atoms with Gasteiger partial charge in [0.25, 0.3) is 0 Å². The zero-order valence-corrected chi connectivity index (χ0v) is 18.3. The van der Waals surface area contributed by atoms with Crippen molar-refractivity contribution in [1.82, 2.24) is 4.90 Å². The van der Waals surface area contributed by atoms with Gasteiger partial charge in [-0.15, -0.1) is 5.10 Å². The first-order valence-corrected chi connectivity index (χ1v) is 10.4. The fourth-order valence-corrected chi connectivity index (χ4v) is 4.01. The minimum atomic E-state index is -0.140. The number of benzene rings is 2. The Hall–Kier alpha value is -3.00. The van der Waals surface area contributed by atoms with Gasteiger partial charge >= 0.3 is 0 Å². The molecule has 7 nitrogen and oxygen atoms in total. The number of hydrogen-bond acceptors (Lipinski definition) is 7. The number of amides is 1. The SMILES string of the molecule is CCC1S/C(=N/N=C/c2ccc(OC)c(OC)c2)N(Cc2ccc(OC)cc2)C1=O. The molecule has 1 atom stereocenters. The molecule has 0 saturated carbocycles. The van der Waals surface area contributed by atoms with Crippen LogP contribution in [0.25, 0.3) is 0 Å². The van der Waals surface area contributed by atoms with E-state index >= 15 is 0 Å². The van der Waals surface area contributed by atoms with E-state index in [-0.39, 0.29) is 11.2 Å². The minimum Gasteiger partial charge on any atom is -0.497 e. The van der Waals surface area contributed by atoms with Gasteiger partial charge in [0.05, 0.1) is 39.3 Å². The molecular formula is C22H25N3O4S. The van der Waals surface area contributed by atoms with Crippen molar-refractivity contribution in [2.24, 2.45) is 10.2 Å². The lowest BCUT2D eigenvalue weighted by Gasteiger charge is -2.16. The Morgan fingerprint density at radius 2 is 1.77 bits per heavy atom. The monoisotopic (exact) mass is 427 g/mol. The second kappa shape index (κ2) is 10.2. The molecule has 30 heavy (non-hydrogen) atoms. The lowest BCUT2D eigenvalue weighted by atomic mass is 10.2. The molecule has 1 saturated heterocycles. The van der Waals surface area contributed by atoms with E-state index in [1.165, 1.54) is 11.8 Å². The third kappa shape index (κ3) is 4.94. The molecule has 1 fully saturated rings. The molecular weight excluding hydrogens is 402 g/mol. The van der Waals surface area contributed by atoms with Gasteiger partial charge in [-0.05, 0) is 47.9 Å². The highest BCUT2D eigenvalue weighted by Gasteiger charge is 2.36. The number of hydrogen-bond donors (Lipinski definition) is 0. The summed E-state index contributed by atoms with van der Waals surface area (Å²) < 4.78 is 15.8. The second-order valence-corrected chi connectivity index (χ2v) is 7.70. The minimum absolute atomic E-state index is 0.0541. The number of ether oxygens (including phenoxy) is 3. The van der Waals surface area contributed by atoms with E-state index in [1.807, 2.05) is 49.4 Å². The molecule has 2 aromatic rings. The molecule has 2 aromatic carbocycles. The Morgan fingerprint density at radius 1 is 1.03 bits per heavy atom. The first-order valence-electron chi connectivity index (χ1n) is 9.53. The van der Waals surface area contributed by atoms with Crippen LogP contribution >= 0.6 is 11.8 Å². The van der Waals surface area contributed by atoms with Crippen molar-refractivity contribution in [2.45, 2.75) is 25.1 Å². The average molecular weight is 428 g/mol. The van der Waals surface area contributed by atoms with E-state index in [9.17, 15) is 4.79 Å². The smallest absolute Gasteiger partial charge is 0.242 e. The van der Waals surface area contributed by atoms with E-state index in [0.717, 1.165) is 23.3 Å². The average Bonchev–Trinajstić information content (AvgIpc) is 3.08. The zero-order valence-electron chi connectivity index (χ0n) is 17.5. The van der Waals surface area contributed by atoms with Gasteiger partial charge in [-0.1, -0.05) is 30.8 Å². The molecule has 0 aromatic heterocycles. The Labute approximate surface area is 180 Å². The van der Waals surface area contributed by atoms with E-state index in [4.69, 9.17) is 14.2 Å². The van der Waals surface area contributed by atoms with Crippen LogP contribution in [0.3, 0.4) is 0 Å². The number of methoxy groups -OCH3 is 3. The summed E-state index contributed by atoms with van der Waals surface area (Å²) >= 11 is 1.45. The van der Waals surface area contributed by atoms with Crippen molar-refractivity contribution < 1.29 is 19.0 Å². The lowest BCUT2D eigenvalue weighted by Crippen LogP contribution is -2.31. The van der Waals surface area contributed by atoms with Crippen molar-refractivity contribution in [3.8, 4) is 17.2 Å². The summed E-state index contributed by atoms with van der Waals surface area (Å²) in [5.74, 6) is 2.10. The summed E-state index contributed by atoms with van der Waals surface area (Å²) in [6.07, 6.45) is 2.37. The molecule has 0 aliphatic carbocycles. The predicted molar refractivity (Wildman–Crippen MR) is 120 cm³/mol. The highest BCUT2D eigenvalue weighted by Crippen LogP contribution is 2.31. The standard InChI is InChI=1S/C22H25N3O4S/c1-5-20-21(26)25(14-15-6-9-17(27-2)10-7-15)22(30-20)24-23-13-16-8-11-18(28-3)19(12-16)29-4/h6-13,20H,5,14H2,1-4H3/b23-13+,24-22+. The number of nitrogens with zero attached hydrogens (tertiary/aromatic N) is 3. The van der Waals surface area contributed by atoms with Crippen molar-refractivity contribution in [3.05, 3.63) is 53.6 Å². The van der Waals surface area contributed by atoms with Crippen LogP contribution in [-0.2, 0) is 11.3 Å². The predicted octanol–water partition coefficient (Wildman–Crippen LogP) is 3.96. The maximum Gasteiger partial charge on any atom is 0.242 e. The van der Waals surface area contributed by atoms with Gasteiger partial charge < -0.3 is 14.2 Å². The molecule has 1 aliphatic heterocycles. The first-order chi connectivity index (χ1) is 14.6. The molecule has 158 valence electrons. The molecule has 8 heteroatoms. The molecule has 0 N–H and O–H groups in total. The normalized spacial score (nSPS) is 17.7. The number of thioether (sulfide) groups is 1. The third-order valence-electron chi connectivity index (χ3n) is 4.65. The number of rotatable bonds is 8. The van der Waals surface area contributed by atoms with Crippen LogP contribution in [-0.4, -0.2) is 48.8 Å². The van der Waals surface area contributed by atoms with Crippen molar-refractivity contribution >= 4 is 29.1 Å². The van der Waals surface area contributed by atoms with E-state index in [0.29, 0.717) is 23.2 Å². The quantitative estimate of drug-likeness (QED) is 0.471. The van der Waals surface area contributed by atoms with Gasteiger partial charge in [-0.2, -0.15) is 5.10 Å². The zero-order chi connectivity index (χ0) is 21.5. The van der Waals surface area contributed by atoms with Crippen LogP contribution in [0.2, 0.25) is 0 Å². The van der Waals surface area contributed by atoms with Crippen molar-refractivity contribution in [2.75, 3.05) is 21.3 Å². The Balaban J connectivity index is 1.79. The molecule has 1 unspecified atom stereocenters. The third-order valence-corrected chi connectivity index (χ3v) is 5.98. The van der Waals surface area contributed by atoms with Crippen LogP contribution in [0.1, 0.15) is 24.5 Å². The molecule has 0 bridgehead atoms. The maximum atomic E-state index is 12.8. The summed E-state index contributed by atoms with van der Waals surface area (Å²) in [4.78, 5) is 14.5. The molecule has 1 heterocycles.